The molecule has 2 nitrogen and oxygen atoms in total. The van der Waals surface area contributed by atoms with Crippen molar-refractivity contribution in [2.24, 2.45) is 5.84 Å². The van der Waals surface area contributed by atoms with Gasteiger partial charge in [-0.1, -0.05) is 35.9 Å². The first kappa shape index (κ1) is 15.0. The minimum absolute atomic E-state index is 0.0644. The van der Waals surface area contributed by atoms with Crippen LogP contribution in [-0.2, 0) is 6.42 Å². The number of benzene rings is 2. The fourth-order valence-corrected chi connectivity index (χ4v) is 2.70. The van der Waals surface area contributed by atoms with Crippen LogP contribution >= 0.6 is 11.6 Å². The zero-order chi connectivity index (χ0) is 14.7. The number of nitrogens with two attached hydrogens (primary N) is 1. The van der Waals surface area contributed by atoms with Gasteiger partial charge in [-0.15, -0.1) is 0 Å². The second-order valence-corrected chi connectivity index (χ2v) is 5.84. The maximum absolute atomic E-state index is 6.13. The molecule has 1 unspecified atom stereocenters. The first-order chi connectivity index (χ1) is 9.49. The topological polar surface area (TPSA) is 38.0 Å². The molecule has 3 heteroatoms. The third-order valence-corrected chi connectivity index (χ3v) is 3.90. The third-order valence-electron chi connectivity index (χ3n) is 3.68. The molecule has 0 saturated heterocycles. The highest BCUT2D eigenvalue weighted by molar-refractivity contribution is 6.30. The molecule has 0 amide bonds. The Morgan fingerprint density at radius 2 is 1.80 bits per heavy atom. The quantitative estimate of drug-likeness (QED) is 0.659. The highest BCUT2D eigenvalue weighted by Crippen LogP contribution is 2.23. The molecule has 106 valence electrons. The fraction of sp³-hybridized carbons (Fsp3) is 0.294. The second-order valence-electron chi connectivity index (χ2n) is 5.40. The van der Waals surface area contributed by atoms with E-state index in [1.54, 1.807) is 0 Å². The van der Waals surface area contributed by atoms with Crippen LogP contribution in [0.5, 0.6) is 0 Å². The number of halogens is 1. The Balaban J connectivity index is 2.26. The molecule has 2 rings (SSSR count). The number of aryl methyl sites for hydroxylation is 3. The molecule has 0 radical (unpaired) electrons. The minimum atomic E-state index is 0.0644. The average Bonchev–Trinajstić information content (AvgIpc) is 2.38. The van der Waals surface area contributed by atoms with Crippen LogP contribution in [0.3, 0.4) is 0 Å². The summed E-state index contributed by atoms with van der Waals surface area (Å²) in [6.07, 6.45) is 0.845. The zero-order valence-corrected chi connectivity index (χ0v) is 13.0. The molecule has 0 fully saturated rings. The molecule has 0 aliphatic carbocycles. The van der Waals surface area contributed by atoms with Gasteiger partial charge in [0, 0.05) is 5.02 Å². The van der Waals surface area contributed by atoms with E-state index in [0.717, 1.165) is 22.6 Å². The molecule has 0 aromatic heterocycles. The highest BCUT2D eigenvalue weighted by atomic mass is 35.5. The molecule has 0 bridgehead atoms. The van der Waals surface area contributed by atoms with E-state index in [-0.39, 0.29) is 6.04 Å². The summed E-state index contributed by atoms with van der Waals surface area (Å²) in [6.45, 7) is 6.30. The lowest BCUT2D eigenvalue weighted by atomic mass is 9.96. The molecule has 0 heterocycles. The summed E-state index contributed by atoms with van der Waals surface area (Å²) in [5.41, 5.74) is 9.05. The van der Waals surface area contributed by atoms with Crippen LogP contribution in [0.1, 0.15) is 33.9 Å². The number of nitrogens with one attached hydrogen (secondary N) is 1. The van der Waals surface area contributed by atoms with E-state index in [0.29, 0.717) is 0 Å². The fourth-order valence-electron chi connectivity index (χ4n) is 2.40. The monoisotopic (exact) mass is 288 g/mol. The average molecular weight is 289 g/mol. The second kappa shape index (κ2) is 6.40. The maximum atomic E-state index is 6.13. The lowest BCUT2D eigenvalue weighted by Crippen LogP contribution is -2.29. The summed E-state index contributed by atoms with van der Waals surface area (Å²) in [5.74, 6) is 5.73. The molecule has 0 saturated carbocycles. The first-order valence-electron chi connectivity index (χ1n) is 6.79. The molecule has 1 atom stereocenters. The van der Waals surface area contributed by atoms with Gasteiger partial charge < -0.3 is 0 Å². The van der Waals surface area contributed by atoms with Crippen molar-refractivity contribution < 1.29 is 0 Å². The number of hydrogen-bond acceptors (Lipinski definition) is 2. The van der Waals surface area contributed by atoms with Crippen LogP contribution in [0.4, 0.5) is 0 Å². The zero-order valence-electron chi connectivity index (χ0n) is 12.2. The van der Waals surface area contributed by atoms with Crippen LogP contribution in [-0.4, -0.2) is 0 Å². The van der Waals surface area contributed by atoms with Crippen molar-refractivity contribution in [1.82, 2.24) is 5.43 Å². The Labute approximate surface area is 125 Å². The van der Waals surface area contributed by atoms with E-state index in [9.17, 15) is 0 Å². The van der Waals surface area contributed by atoms with Gasteiger partial charge >= 0.3 is 0 Å². The van der Waals surface area contributed by atoms with Crippen LogP contribution in [0, 0.1) is 20.8 Å². The summed E-state index contributed by atoms with van der Waals surface area (Å²) >= 11 is 6.13. The molecular formula is C17H21ClN2. The predicted molar refractivity (Wildman–Crippen MR) is 85.9 cm³/mol. The predicted octanol–water partition coefficient (Wildman–Crippen LogP) is 4.01. The standard InChI is InChI=1S/C17H21ClN2/c1-11-6-15(10-16(18)7-11)17(20-19)9-14-5-4-12(2)13(3)8-14/h4-8,10,17,20H,9,19H2,1-3H3. The third kappa shape index (κ3) is 3.60. The number of hydrazine groups is 1. The van der Waals surface area contributed by atoms with E-state index < -0.39 is 0 Å². The molecular weight excluding hydrogens is 268 g/mol. The van der Waals surface area contributed by atoms with E-state index in [4.69, 9.17) is 17.4 Å². The van der Waals surface area contributed by atoms with Crippen LogP contribution < -0.4 is 11.3 Å². The van der Waals surface area contributed by atoms with Crippen molar-refractivity contribution in [2.75, 3.05) is 0 Å². The lowest BCUT2D eigenvalue weighted by Gasteiger charge is -2.18. The Hall–Kier alpha value is -1.35. The van der Waals surface area contributed by atoms with E-state index in [1.165, 1.54) is 16.7 Å². The first-order valence-corrected chi connectivity index (χ1v) is 7.16. The Bertz CT molecular complexity index is 588. The van der Waals surface area contributed by atoms with Gasteiger partial charge in [-0.2, -0.15) is 0 Å². The normalized spacial score (nSPS) is 12.4. The van der Waals surface area contributed by atoms with Crippen LogP contribution in [0.2, 0.25) is 5.02 Å². The smallest absolute Gasteiger partial charge is 0.0500 e. The van der Waals surface area contributed by atoms with Crippen molar-refractivity contribution >= 4 is 11.6 Å². The summed E-state index contributed by atoms with van der Waals surface area (Å²) in [5, 5.41) is 0.750. The molecule has 2 aromatic carbocycles. The molecule has 2 aromatic rings. The highest BCUT2D eigenvalue weighted by Gasteiger charge is 2.12. The Kier molecular flexibility index (Phi) is 4.81. The van der Waals surface area contributed by atoms with Crippen LogP contribution in [0.15, 0.2) is 36.4 Å². The van der Waals surface area contributed by atoms with Gasteiger partial charge in [0.05, 0.1) is 6.04 Å². The van der Waals surface area contributed by atoms with Gasteiger partial charge in [0.15, 0.2) is 0 Å². The van der Waals surface area contributed by atoms with Crippen molar-refractivity contribution in [1.29, 1.82) is 0 Å². The van der Waals surface area contributed by atoms with Crippen molar-refractivity contribution in [3.8, 4) is 0 Å². The summed E-state index contributed by atoms with van der Waals surface area (Å²) in [7, 11) is 0. The largest absolute Gasteiger partial charge is 0.271 e. The van der Waals surface area contributed by atoms with Gasteiger partial charge in [-0.3, -0.25) is 11.3 Å². The SMILES string of the molecule is Cc1cc(Cl)cc(C(Cc2ccc(C)c(C)c2)NN)c1. The van der Waals surface area contributed by atoms with Crippen molar-refractivity contribution in [2.45, 2.75) is 33.2 Å². The van der Waals surface area contributed by atoms with Gasteiger partial charge in [-0.25, -0.2) is 0 Å². The molecule has 0 aliphatic rings. The van der Waals surface area contributed by atoms with Crippen molar-refractivity contribution in [3.63, 3.8) is 0 Å². The Morgan fingerprint density at radius 1 is 1.05 bits per heavy atom. The molecule has 0 aliphatic heterocycles. The van der Waals surface area contributed by atoms with Crippen molar-refractivity contribution in [3.05, 3.63) is 69.2 Å². The number of rotatable bonds is 4. The van der Waals surface area contributed by atoms with E-state index in [2.05, 4.69) is 43.5 Å². The van der Waals surface area contributed by atoms with E-state index >= 15 is 0 Å². The summed E-state index contributed by atoms with van der Waals surface area (Å²) in [6, 6.07) is 12.6. The van der Waals surface area contributed by atoms with Gasteiger partial charge in [0.1, 0.15) is 0 Å². The maximum Gasteiger partial charge on any atom is 0.0500 e. The summed E-state index contributed by atoms with van der Waals surface area (Å²) < 4.78 is 0. The van der Waals surface area contributed by atoms with Gasteiger partial charge in [0.25, 0.3) is 0 Å². The van der Waals surface area contributed by atoms with E-state index in [1.807, 2.05) is 19.1 Å². The Morgan fingerprint density at radius 3 is 2.40 bits per heavy atom. The molecule has 3 N–H and O–H groups in total. The minimum Gasteiger partial charge on any atom is -0.271 e. The lowest BCUT2D eigenvalue weighted by molar-refractivity contribution is 0.551. The van der Waals surface area contributed by atoms with Gasteiger partial charge in [0.2, 0.25) is 0 Å². The van der Waals surface area contributed by atoms with Gasteiger partial charge in [-0.05, 0) is 67.1 Å². The summed E-state index contributed by atoms with van der Waals surface area (Å²) in [4.78, 5) is 0. The number of hydrogen-bond donors (Lipinski definition) is 2. The molecule has 20 heavy (non-hydrogen) atoms. The molecule has 0 spiro atoms. The van der Waals surface area contributed by atoms with Crippen LogP contribution in [0.25, 0.3) is 0 Å².